The van der Waals surface area contributed by atoms with E-state index in [2.05, 4.69) is 57.4 Å². The van der Waals surface area contributed by atoms with Crippen LogP contribution in [0.4, 0.5) is 0 Å². The lowest BCUT2D eigenvalue weighted by molar-refractivity contribution is 0.209. The number of hydrogen-bond donors (Lipinski definition) is 1. The Hall–Kier alpha value is -1.78. The molecule has 0 amide bonds. The van der Waals surface area contributed by atoms with Crippen molar-refractivity contribution >= 4 is 0 Å². The third-order valence-corrected chi connectivity index (χ3v) is 4.10. The van der Waals surface area contributed by atoms with Crippen LogP contribution in [0.25, 0.3) is 0 Å². The summed E-state index contributed by atoms with van der Waals surface area (Å²) in [6.07, 6.45) is 4.78. The van der Waals surface area contributed by atoms with Crippen LogP contribution in [0, 0.1) is 0 Å². The normalized spacial score (nSPS) is 23.7. The van der Waals surface area contributed by atoms with E-state index in [0.717, 1.165) is 38.4 Å². The van der Waals surface area contributed by atoms with Crippen molar-refractivity contribution in [3.05, 3.63) is 60.2 Å². The van der Waals surface area contributed by atoms with Gasteiger partial charge in [0, 0.05) is 18.9 Å². The first-order chi connectivity index (χ1) is 10.3. The van der Waals surface area contributed by atoms with E-state index in [-0.39, 0.29) is 5.54 Å². The Morgan fingerprint density at radius 2 is 1.90 bits per heavy atom. The molecule has 21 heavy (non-hydrogen) atoms. The molecule has 1 atom stereocenters. The van der Waals surface area contributed by atoms with Crippen LogP contribution >= 0.6 is 0 Å². The van der Waals surface area contributed by atoms with Crippen molar-refractivity contribution in [2.24, 2.45) is 0 Å². The number of benzene rings is 1. The van der Waals surface area contributed by atoms with Crippen LogP contribution in [0.15, 0.2) is 48.8 Å². The second-order valence-corrected chi connectivity index (χ2v) is 5.85. The van der Waals surface area contributed by atoms with Crippen molar-refractivity contribution < 1.29 is 0 Å². The van der Waals surface area contributed by atoms with E-state index >= 15 is 0 Å². The van der Waals surface area contributed by atoms with Gasteiger partial charge in [-0.2, -0.15) is 0 Å². The van der Waals surface area contributed by atoms with Crippen LogP contribution in [-0.4, -0.2) is 34.5 Å². The average molecular weight is 282 g/mol. The number of rotatable bonds is 3. The minimum Gasteiger partial charge on any atom is -0.307 e. The first kappa shape index (κ1) is 14.2. The zero-order valence-electron chi connectivity index (χ0n) is 12.5. The molecule has 1 saturated heterocycles. The Balaban J connectivity index is 1.77. The van der Waals surface area contributed by atoms with E-state index in [4.69, 9.17) is 0 Å². The number of hydrogen-bond acceptors (Lipinski definition) is 4. The maximum atomic E-state index is 4.35. The van der Waals surface area contributed by atoms with Gasteiger partial charge in [0.05, 0.1) is 12.1 Å². The van der Waals surface area contributed by atoms with Crippen LogP contribution in [0.2, 0.25) is 0 Å². The number of nitrogens with zero attached hydrogens (tertiary/aromatic N) is 3. The standard InChI is InChI=1S/C17H22N4/c1-17(15-7-3-2-4-8-15)14-21(12-6-11-20-17)13-16-18-9-5-10-19-16/h2-5,7-10,20H,6,11-14H2,1H3. The second kappa shape index (κ2) is 6.33. The third-order valence-electron chi connectivity index (χ3n) is 4.10. The summed E-state index contributed by atoms with van der Waals surface area (Å²) in [4.78, 5) is 11.1. The molecule has 1 fully saturated rings. The summed E-state index contributed by atoms with van der Waals surface area (Å²) in [6.45, 7) is 6.18. The van der Waals surface area contributed by atoms with E-state index in [1.165, 1.54) is 5.56 Å². The average Bonchev–Trinajstić information content (AvgIpc) is 2.72. The predicted molar refractivity (Wildman–Crippen MR) is 83.7 cm³/mol. The summed E-state index contributed by atoms with van der Waals surface area (Å²) in [7, 11) is 0. The Labute approximate surface area is 126 Å². The molecule has 0 bridgehead atoms. The lowest BCUT2D eigenvalue weighted by atomic mass is 9.91. The fourth-order valence-corrected chi connectivity index (χ4v) is 3.00. The molecule has 1 aromatic heterocycles. The topological polar surface area (TPSA) is 41.1 Å². The first-order valence-corrected chi connectivity index (χ1v) is 7.55. The van der Waals surface area contributed by atoms with Crippen molar-refractivity contribution in [1.82, 2.24) is 20.2 Å². The van der Waals surface area contributed by atoms with E-state index in [1.54, 1.807) is 0 Å². The highest BCUT2D eigenvalue weighted by Gasteiger charge is 2.30. The highest BCUT2D eigenvalue weighted by molar-refractivity contribution is 5.24. The molecule has 3 rings (SSSR count). The van der Waals surface area contributed by atoms with Crippen molar-refractivity contribution in [1.29, 1.82) is 0 Å². The van der Waals surface area contributed by atoms with Gasteiger partial charge in [0.15, 0.2) is 0 Å². The van der Waals surface area contributed by atoms with Gasteiger partial charge in [-0.3, -0.25) is 4.90 Å². The third kappa shape index (κ3) is 3.46. The molecule has 110 valence electrons. The Kier molecular flexibility index (Phi) is 4.27. The summed E-state index contributed by atoms with van der Waals surface area (Å²) in [5.74, 6) is 0.898. The van der Waals surface area contributed by atoms with Crippen molar-refractivity contribution in [3.8, 4) is 0 Å². The Morgan fingerprint density at radius 3 is 2.67 bits per heavy atom. The number of nitrogens with one attached hydrogen (secondary N) is 1. The van der Waals surface area contributed by atoms with Gasteiger partial charge in [-0.15, -0.1) is 0 Å². The molecule has 1 N–H and O–H groups in total. The molecule has 2 heterocycles. The van der Waals surface area contributed by atoms with E-state index in [0.29, 0.717) is 0 Å². The molecule has 4 nitrogen and oxygen atoms in total. The van der Waals surface area contributed by atoms with E-state index in [9.17, 15) is 0 Å². The maximum absolute atomic E-state index is 4.35. The summed E-state index contributed by atoms with van der Waals surface area (Å²) >= 11 is 0. The van der Waals surface area contributed by atoms with Gasteiger partial charge in [-0.25, -0.2) is 9.97 Å². The second-order valence-electron chi connectivity index (χ2n) is 5.85. The van der Waals surface area contributed by atoms with Gasteiger partial charge in [-0.05, 0) is 38.1 Å². The molecule has 0 saturated carbocycles. The first-order valence-electron chi connectivity index (χ1n) is 7.55. The molecule has 1 aliphatic heterocycles. The Morgan fingerprint density at radius 1 is 1.14 bits per heavy atom. The lowest BCUT2D eigenvalue weighted by Gasteiger charge is -2.34. The summed E-state index contributed by atoms with van der Waals surface area (Å²) < 4.78 is 0. The smallest absolute Gasteiger partial charge is 0.142 e. The highest BCUT2D eigenvalue weighted by atomic mass is 15.2. The van der Waals surface area contributed by atoms with Crippen molar-refractivity contribution in [3.63, 3.8) is 0 Å². The van der Waals surface area contributed by atoms with Gasteiger partial charge in [0.2, 0.25) is 0 Å². The minimum atomic E-state index is -0.0213. The van der Waals surface area contributed by atoms with Crippen LogP contribution in [0.3, 0.4) is 0 Å². The summed E-state index contributed by atoms with van der Waals surface area (Å²) in [5.41, 5.74) is 1.32. The molecule has 0 aliphatic carbocycles. The van der Waals surface area contributed by atoms with Crippen molar-refractivity contribution in [2.75, 3.05) is 19.6 Å². The van der Waals surface area contributed by atoms with Crippen LogP contribution in [0.5, 0.6) is 0 Å². The Bertz CT molecular complexity index is 558. The molecule has 4 heteroatoms. The van der Waals surface area contributed by atoms with Crippen LogP contribution in [-0.2, 0) is 12.1 Å². The quantitative estimate of drug-likeness (QED) is 0.937. The fraction of sp³-hybridized carbons (Fsp3) is 0.412. The monoisotopic (exact) mass is 282 g/mol. The largest absolute Gasteiger partial charge is 0.307 e. The SMILES string of the molecule is CC1(c2ccccc2)CN(Cc2ncccn2)CCCN1. The molecule has 1 aromatic carbocycles. The lowest BCUT2D eigenvalue weighted by Crippen LogP contribution is -2.46. The zero-order valence-corrected chi connectivity index (χ0v) is 12.5. The summed E-state index contributed by atoms with van der Waals surface area (Å²) in [5, 5.41) is 3.71. The fourth-order valence-electron chi connectivity index (χ4n) is 3.00. The maximum Gasteiger partial charge on any atom is 0.142 e. The van der Waals surface area contributed by atoms with Crippen LogP contribution < -0.4 is 5.32 Å². The zero-order chi connectivity index (χ0) is 14.5. The number of aromatic nitrogens is 2. The molecule has 0 spiro atoms. The summed E-state index contributed by atoms with van der Waals surface area (Å²) in [6, 6.07) is 12.6. The van der Waals surface area contributed by atoms with Gasteiger partial charge >= 0.3 is 0 Å². The minimum absolute atomic E-state index is 0.0213. The molecule has 1 aliphatic rings. The van der Waals surface area contributed by atoms with Gasteiger partial charge in [-0.1, -0.05) is 30.3 Å². The van der Waals surface area contributed by atoms with Crippen LogP contribution in [0.1, 0.15) is 24.7 Å². The molecule has 0 radical (unpaired) electrons. The van der Waals surface area contributed by atoms with Gasteiger partial charge < -0.3 is 5.32 Å². The van der Waals surface area contributed by atoms with E-state index < -0.39 is 0 Å². The molecular weight excluding hydrogens is 260 g/mol. The van der Waals surface area contributed by atoms with E-state index in [1.807, 2.05) is 18.5 Å². The molecular formula is C17H22N4. The molecule has 2 aromatic rings. The predicted octanol–water partition coefficient (Wildman–Crippen LogP) is 2.19. The van der Waals surface area contributed by atoms with Crippen molar-refractivity contribution in [2.45, 2.75) is 25.4 Å². The highest BCUT2D eigenvalue weighted by Crippen LogP contribution is 2.24. The van der Waals surface area contributed by atoms with Gasteiger partial charge in [0.25, 0.3) is 0 Å². The molecule has 1 unspecified atom stereocenters. The van der Waals surface area contributed by atoms with Gasteiger partial charge in [0.1, 0.15) is 5.82 Å².